The van der Waals surface area contributed by atoms with Crippen molar-refractivity contribution in [1.29, 1.82) is 0 Å². The first kappa shape index (κ1) is 15.3. The molecule has 2 heterocycles. The quantitative estimate of drug-likeness (QED) is 0.779. The van der Waals surface area contributed by atoms with Gasteiger partial charge in [0, 0.05) is 11.1 Å². The Hall–Kier alpha value is -1.06. The lowest BCUT2D eigenvalue weighted by molar-refractivity contribution is -0.118. The maximum Gasteiger partial charge on any atom is 0.246 e. The van der Waals surface area contributed by atoms with E-state index in [1.54, 1.807) is 23.1 Å². The number of carbonyl (C=O) groups excluding carboxylic acids is 1. The van der Waals surface area contributed by atoms with Crippen LogP contribution in [0.4, 0.5) is 0 Å². The summed E-state index contributed by atoms with van der Waals surface area (Å²) in [5.74, 6) is 2.04. The Morgan fingerprint density at radius 2 is 2.35 bits per heavy atom. The Kier molecular flexibility index (Phi) is 5.86. The number of nitrogens with one attached hydrogen (secondary N) is 1. The van der Waals surface area contributed by atoms with Gasteiger partial charge < -0.3 is 9.84 Å². The lowest BCUT2D eigenvalue weighted by atomic mass is 10.6. The van der Waals surface area contributed by atoms with Crippen molar-refractivity contribution in [1.82, 2.24) is 20.4 Å². The SMILES string of the molecule is CSCc1noc(CNC(=O)CSc2nc(C)cs2)n1. The van der Waals surface area contributed by atoms with Crippen LogP contribution in [0.1, 0.15) is 17.4 Å². The number of hydrogen-bond acceptors (Lipinski definition) is 8. The topological polar surface area (TPSA) is 80.9 Å². The van der Waals surface area contributed by atoms with Crippen LogP contribution in [0.3, 0.4) is 0 Å². The minimum Gasteiger partial charge on any atom is -0.346 e. The van der Waals surface area contributed by atoms with Gasteiger partial charge in [0.25, 0.3) is 0 Å². The number of thioether (sulfide) groups is 2. The first-order chi connectivity index (χ1) is 9.67. The number of thiazole rings is 1. The summed E-state index contributed by atoms with van der Waals surface area (Å²) in [5, 5.41) is 8.52. The molecule has 108 valence electrons. The van der Waals surface area contributed by atoms with Crippen molar-refractivity contribution in [3.63, 3.8) is 0 Å². The fourth-order valence-corrected chi connectivity index (χ4v) is 3.36. The van der Waals surface area contributed by atoms with E-state index in [1.807, 2.05) is 18.6 Å². The van der Waals surface area contributed by atoms with Crippen LogP contribution in [0.5, 0.6) is 0 Å². The molecule has 0 fully saturated rings. The second-order valence-corrected chi connectivity index (χ2v) is 6.80. The van der Waals surface area contributed by atoms with Gasteiger partial charge in [-0.15, -0.1) is 11.3 Å². The van der Waals surface area contributed by atoms with Gasteiger partial charge in [0.1, 0.15) is 0 Å². The fraction of sp³-hybridized carbons (Fsp3) is 0.455. The average Bonchev–Trinajstić information content (AvgIpc) is 3.04. The number of carbonyl (C=O) groups is 1. The van der Waals surface area contributed by atoms with E-state index in [9.17, 15) is 4.79 Å². The third-order valence-electron chi connectivity index (χ3n) is 2.15. The molecule has 0 aliphatic carbocycles. The third kappa shape index (κ3) is 4.80. The van der Waals surface area contributed by atoms with Crippen molar-refractivity contribution in [3.05, 3.63) is 22.8 Å². The molecular formula is C11H14N4O2S3. The van der Waals surface area contributed by atoms with Crippen LogP contribution in [-0.4, -0.2) is 33.0 Å². The molecule has 9 heteroatoms. The molecule has 6 nitrogen and oxygen atoms in total. The largest absolute Gasteiger partial charge is 0.346 e. The van der Waals surface area contributed by atoms with Crippen LogP contribution in [-0.2, 0) is 17.1 Å². The second kappa shape index (κ2) is 7.65. The van der Waals surface area contributed by atoms with E-state index in [0.29, 0.717) is 23.2 Å². The van der Waals surface area contributed by atoms with Crippen molar-refractivity contribution in [2.45, 2.75) is 23.6 Å². The predicted octanol–water partition coefficient (Wildman–Crippen LogP) is 2.11. The molecule has 0 aliphatic rings. The molecule has 20 heavy (non-hydrogen) atoms. The van der Waals surface area contributed by atoms with Crippen molar-refractivity contribution in [3.8, 4) is 0 Å². The minimum absolute atomic E-state index is 0.0764. The number of nitrogens with zero attached hydrogens (tertiary/aromatic N) is 3. The summed E-state index contributed by atoms with van der Waals surface area (Å²) in [4.78, 5) is 20.1. The van der Waals surface area contributed by atoms with Gasteiger partial charge >= 0.3 is 0 Å². The number of rotatable bonds is 7. The van der Waals surface area contributed by atoms with E-state index >= 15 is 0 Å². The highest BCUT2D eigenvalue weighted by molar-refractivity contribution is 8.01. The summed E-state index contributed by atoms with van der Waals surface area (Å²) >= 11 is 4.59. The summed E-state index contributed by atoms with van der Waals surface area (Å²) in [6.45, 7) is 2.19. The van der Waals surface area contributed by atoms with Gasteiger partial charge in [-0.25, -0.2) is 4.98 Å². The molecule has 0 saturated heterocycles. The number of hydrogen-bond donors (Lipinski definition) is 1. The molecule has 2 aromatic rings. The summed E-state index contributed by atoms with van der Waals surface area (Å²) in [6, 6.07) is 0. The molecule has 2 rings (SSSR count). The number of amides is 1. The molecule has 1 N–H and O–H groups in total. The molecule has 0 unspecified atom stereocenters. The zero-order chi connectivity index (χ0) is 14.4. The molecule has 0 aliphatic heterocycles. The normalized spacial score (nSPS) is 10.7. The molecule has 0 atom stereocenters. The van der Waals surface area contributed by atoms with E-state index in [2.05, 4.69) is 20.4 Å². The molecule has 0 spiro atoms. The van der Waals surface area contributed by atoms with Gasteiger partial charge in [0.05, 0.1) is 18.1 Å². The highest BCUT2D eigenvalue weighted by Gasteiger charge is 2.09. The van der Waals surface area contributed by atoms with Crippen molar-refractivity contribution in [2.75, 3.05) is 12.0 Å². The predicted molar refractivity (Wildman–Crippen MR) is 80.9 cm³/mol. The van der Waals surface area contributed by atoms with Crippen LogP contribution < -0.4 is 5.32 Å². The number of aryl methyl sites for hydroxylation is 1. The molecule has 1 amide bonds. The Morgan fingerprint density at radius 1 is 1.50 bits per heavy atom. The molecule has 0 saturated carbocycles. The summed E-state index contributed by atoms with van der Waals surface area (Å²) in [7, 11) is 0. The van der Waals surface area contributed by atoms with Gasteiger partial charge in [-0.3, -0.25) is 4.79 Å². The maximum atomic E-state index is 11.7. The minimum atomic E-state index is -0.0764. The van der Waals surface area contributed by atoms with Gasteiger partial charge in [-0.1, -0.05) is 16.9 Å². The van der Waals surface area contributed by atoms with Gasteiger partial charge in [-0.2, -0.15) is 16.7 Å². The zero-order valence-electron chi connectivity index (χ0n) is 11.1. The van der Waals surface area contributed by atoms with E-state index in [4.69, 9.17) is 4.52 Å². The van der Waals surface area contributed by atoms with E-state index in [-0.39, 0.29) is 12.5 Å². The molecule has 0 aromatic carbocycles. The summed E-state index contributed by atoms with van der Waals surface area (Å²) in [6.07, 6.45) is 1.97. The molecule has 0 radical (unpaired) electrons. The monoisotopic (exact) mass is 330 g/mol. The molecule has 2 aromatic heterocycles. The van der Waals surface area contributed by atoms with Crippen LogP contribution in [0.2, 0.25) is 0 Å². The standard InChI is InChI=1S/C11H14N4O2S3/c1-7-4-19-11(13-7)20-6-9(16)12-3-10-14-8(5-18-2)15-17-10/h4H,3,5-6H2,1-2H3,(H,12,16). The van der Waals surface area contributed by atoms with Gasteiger partial charge in [0.15, 0.2) is 10.2 Å². The average molecular weight is 330 g/mol. The molecule has 0 bridgehead atoms. The first-order valence-corrected chi connectivity index (χ1v) is 9.05. The lowest BCUT2D eigenvalue weighted by Gasteiger charge is -2.00. The van der Waals surface area contributed by atoms with Gasteiger partial charge in [0.2, 0.25) is 11.8 Å². The van der Waals surface area contributed by atoms with Gasteiger partial charge in [-0.05, 0) is 13.2 Å². The Bertz CT molecular complexity index is 570. The van der Waals surface area contributed by atoms with E-state index in [0.717, 1.165) is 10.0 Å². The fourth-order valence-electron chi connectivity index (χ4n) is 1.30. The van der Waals surface area contributed by atoms with E-state index < -0.39 is 0 Å². The van der Waals surface area contributed by atoms with Crippen LogP contribution >= 0.6 is 34.9 Å². The van der Waals surface area contributed by atoms with Crippen molar-refractivity contribution >= 4 is 40.8 Å². The Morgan fingerprint density at radius 3 is 3.05 bits per heavy atom. The zero-order valence-corrected chi connectivity index (χ0v) is 13.5. The van der Waals surface area contributed by atoms with Crippen molar-refractivity contribution in [2.24, 2.45) is 0 Å². The van der Waals surface area contributed by atoms with Crippen molar-refractivity contribution < 1.29 is 9.32 Å². The summed E-state index contributed by atoms with van der Waals surface area (Å²) < 4.78 is 5.93. The smallest absolute Gasteiger partial charge is 0.246 e. The summed E-state index contributed by atoms with van der Waals surface area (Å²) in [5.41, 5.74) is 0.977. The number of aromatic nitrogens is 3. The second-order valence-electron chi connectivity index (χ2n) is 3.86. The third-order valence-corrected chi connectivity index (χ3v) is 4.83. The maximum absolute atomic E-state index is 11.7. The van der Waals surface area contributed by atoms with Crippen LogP contribution in [0.25, 0.3) is 0 Å². The van der Waals surface area contributed by atoms with Crippen LogP contribution in [0.15, 0.2) is 14.2 Å². The highest BCUT2D eigenvalue weighted by Crippen LogP contribution is 2.21. The first-order valence-electron chi connectivity index (χ1n) is 5.79. The van der Waals surface area contributed by atoms with Crippen LogP contribution in [0, 0.1) is 6.92 Å². The Balaban J connectivity index is 1.71. The Labute approximate surface area is 129 Å². The highest BCUT2D eigenvalue weighted by atomic mass is 32.2. The lowest BCUT2D eigenvalue weighted by Crippen LogP contribution is -2.24. The van der Waals surface area contributed by atoms with E-state index in [1.165, 1.54) is 11.8 Å². The molecular weight excluding hydrogens is 316 g/mol.